The summed E-state index contributed by atoms with van der Waals surface area (Å²) in [7, 11) is 0. The molecule has 136 valence electrons. The Hall–Kier alpha value is -2.54. The molecule has 0 bridgehead atoms. The van der Waals surface area contributed by atoms with Gasteiger partial charge < -0.3 is 15.0 Å². The molecule has 1 saturated heterocycles. The summed E-state index contributed by atoms with van der Waals surface area (Å²) in [5.74, 6) is 0.151. The van der Waals surface area contributed by atoms with Crippen LogP contribution in [0.3, 0.4) is 0 Å². The van der Waals surface area contributed by atoms with E-state index in [1.807, 2.05) is 6.20 Å². The fraction of sp³-hybridized carbons (Fsp3) is 0.421. The van der Waals surface area contributed by atoms with Crippen LogP contribution in [0.5, 0.6) is 0 Å². The third-order valence-electron chi connectivity index (χ3n) is 4.89. The maximum Gasteiger partial charge on any atom is 0.227 e. The zero-order chi connectivity index (χ0) is 17.9. The normalized spacial score (nSPS) is 19.7. The van der Waals surface area contributed by atoms with Crippen LogP contribution in [0.4, 0.5) is 16.0 Å². The number of carbonyl (C=O) groups is 1. The van der Waals surface area contributed by atoms with Gasteiger partial charge in [-0.1, -0.05) is 6.07 Å². The van der Waals surface area contributed by atoms with Crippen LogP contribution >= 0.6 is 0 Å². The summed E-state index contributed by atoms with van der Waals surface area (Å²) in [5.41, 5.74) is 2.53. The zero-order valence-corrected chi connectivity index (χ0v) is 14.4. The lowest BCUT2D eigenvalue weighted by molar-refractivity contribution is -0.120. The lowest BCUT2D eigenvalue weighted by Gasteiger charge is -2.28. The number of nitrogens with one attached hydrogen (secondary N) is 1. The Labute approximate surface area is 151 Å². The first-order chi connectivity index (χ1) is 12.7. The number of anilines is 2. The molecule has 1 aromatic heterocycles. The number of fused-ring (bicyclic) bond motifs is 1. The number of ether oxygens (including phenoxy) is 1. The molecule has 2 aliphatic rings. The highest BCUT2D eigenvalue weighted by Crippen LogP contribution is 2.26. The number of hydrogen-bond acceptors (Lipinski definition) is 5. The van der Waals surface area contributed by atoms with E-state index < -0.39 is 0 Å². The maximum atomic E-state index is 13.3. The summed E-state index contributed by atoms with van der Waals surface area (Å²) >= 11 is 0. The van der Waals surface area contributed by atoms with E-state index >= 15 is 0 Å². The second-order valence-corrected chi connectivity index (χ2v) is 6.68. The molecule has 1 fully saturated rings. The Kier molecular flexibility index (Phi) is 4.79. The number of benzene rings is 1. The number of nitrogens with zero attached hydrogens (tertiary/aromatic N) is 3. The topological polar surface area (TPSA) is 67.4 Å². The number of aromatic nitrogens is 2. The second-order valence-electron chi connectivity index (χ2n) is 6.68. The Morgan fingerprint density at radius 3 is 2.96 bits per heavy atom. The molecule has 1 aromatic carbocycles. The fourth-order valence-electron chi connectivity index (χ4n) is 3.45. The van der Waals surface area contributed by atoms with Crippen molar-refractivity contribution in [3.63, 3.8) is 0 Å². The van der Waals surface area contributed by atoms with Gasteiger partial charge in [-0.2, -0.15) is 0 Å². The largest absolute Gasteiger partial charge is 0.378 e. The van der Waals surface area contributed by atoms with Crippen molar-refractivity contribution in [3.8, 4) is 0 Å². The van der Waals surface area contributed by atoms with E-state index in [9.17, 15) is 9.18 Å². The van der Waals surface area contributed by atoms with Gasteiger partial charge in [0.05, 0.1) is 13.2 Å². The van der Waals surface area contributed by atoms with Gasteiger partial charge in [-0.05, 0) is 43.0 Å². The van der Waals surface area contributed by atoms with Crippen molar-refractivity contribution in [2.45, 2.75) is 19.3 Å². The summed E-state index contributed by atoms with van der Waals surface area (Å²) in [6.45, 7) is 3.00. The lowest BCUT2D eigenvalue weighted by atomic mass is 9.86. The van der Waals surface area contributed by atoms with E-state index in [0.29, 0.717) is 25.3 Å². The van der Waals surface area contributed by atoms with Gasteiger partial charge in [0.25, 0.3) is 0 Å². The molecule has 26 heavy (non-hydrogen) atoms. The summed E-state index contributed by atoms with van der Waals surface area (Å²) < 4.78 is 18.6. The Morgan fingerprint density at radius 1 is 1.31 bits per heavy atom. The summed E-state index contributed by atoms with van der Waals surface area (Å²) in [5, 5.41) is 2.80. The molecule has 0 saturated carbocycles. The van der Waals surface area contributed by atoms with E-state index in [2.05, 4.69) is 15.2 Å². The quantitative estimate of drug-likeness (QED) is 0.913. The zero-order valence-electron chi connectivity index (χ0n) is 14.4. The third kappa shape index (κ3) is 3.67. The third-order valence-corrected chi connectivity index (χ3v) is 4.89. The molecular formula is C19H21FN4O2. The standard InChI is InChI=1S/C19H21FN4O2/c20-15-2-1-3-16(11-15)22-18(25)13-4-5-17-14(10-13)12-21-19(23-17)24-6-8-26-9-7-24/h1-3,11-13H,4-10H2,(H,22,25)/t13-/m1/s1. The molecule has 4 rings (SSSR count). The van der Waals surface area contributed by atoms with Crippen LogP contribution in [-0.4, -0.2) is 42.2 Å². The maximum absolute atomic E-state index is 13.3. The van der Waals surface area contributed by atoms with Gasteiger partial charge in [-0.25, -0.2) is 14.4 Å². The highest BCUT2D eigenvalue weighted by atomic mass is 19.1. The molecule has 7 heteroatoms. The minimum atomic E-state index is -0.360. The van der Waals surface area contributed by atoms with Crippen LogP contribution < -0.4 is 10.2 Å². The molecule has 1 N–H and O–H groups in total. The van der Waals surface area contributed by atoms with Gasteiger partial charge in [0.1, 0.15) is 5.82 Å². The number of morpholine rings is 1. The van der Waals surface area contributed by atoms with Crippen LogP contribution in [0.1, 0.15) is 17.7 Å². The molecule has 0 radical (unpaired) electrons. The second kappa shape index (κ2) is 7.37. The Balaban J connectivity index is 1.43. The van der Waals surface area contributed by atoms with Crippen LogP contribution in [0.2, 0.25) is 0 Å². The van der Waals surface area contributed by atoms with Crippen molar-refractivity contribution in [3.05, 3.63) is 47.5 Å². The van der Waals surface area contributed by atoms with Crippen molar-refractivity contribution < 1.29 is 13.9 Å². The van der Waals surface area contributed by atoms with E-state index in [1.54, 1.807) is 12.1 Å². The summed E-state index contributed by atoms with van der Waals surface area (Å²) in [4.78, 5) is 23.8. The van der Waals surface area contributed by atoms with Crippen molar-refractivity contribution in [2.24, 2.45) is 5.92 Å². The van der Waals surface area contributed by atoms with Gasteiger partial charge in [0, 0.05) is 36.6 Å². The Morgan fingerprint density at radius 2 is 2.15 bits per heavy atom. The number of rotatable bonds is 3. The van der Waals surface area contributed by atoms with Crippen LogP contribution in [0.15, 0.2) is 30.5 Å². The lowest BCUT2D eigenvalue weighted by Crippen LogP contribution is -2.38. The molecule has 1 aliphatic carbocycles. The fourth-order valence-corrected chi connectivity index (χ4v) is 3.45. The number of hydrogen-bond donors (Lipinski definition) is 1. The van der Waals surface area contributed by atoms with Gasteiger partial charge in [0.2, 0.25) is 11.9 Å². The predicted octanol–water partition coefficient (Wildman–Crippen LogP) is 2.20. The van der Waals surface area contributed by atoms with Crippen molar-refractivity contribution in [1.82, 2.24) is 9.97 Å². The molecule has 1 atom stereocenters. The molecule has 1 aliphatic heterocycles. The Bertz CT molecular complexity index is 808. The number of aryl methyl sites for hydroxylation is 1. The molecule has 0 unspecified atom stereocenters. The van der Waals surface area contributed by atoms with Crippen molar-refractivity contribution in [2.75, 3.05) is 36.5 Å². The van der Waals surface area contributed by atoms with Gasteiger partial charge in [-0.3, -0.25) is 4.79 Å². The van der Waals surface area contributed by atoms with E-state index in [0.717, 1.165) is 43.1 Å². The van der Waals surface area contributed by atoms with E-state index in [1.165, 1.54) is 12.1 Å². The molecule has 1 amide bonds. The number of halogens is 1. The molecule has 6 nitrogen and oxygen atoms in total. The highest BCUT2D eigenvalue weighted by Gasteiger charge is 2.27. The minimum Gasteiger partial charge on any atom is -0.378 e. The van der Waals surface area contributed by atoms with Crippen LogP contribution in [-0.2, 0) is 22.4 Å². The molecule has 2 heterocycles. The van der Waals surface area contributed by atoms with Crippen molar-refractivity contribution >= 4 is 17.5 Å². The predicted molar refractivity (Wildman–Crippen MR) is 95.6 cm³/mol. The van der Waals surface area contributed by atoms with Crippen molar-refractivity contribution in [1.29, 1.82) is 0 Å². The number of carbonyl (C=O) groups excluding carboxylic acids is 1. The summed E-state index contributed by atoms with van der Waals surface area (Å²) in [6, 6.07) is 5.96. The molecular weight excluding hydrogens is 335 g/mol. The monoisotopic (exact) mass is 356 g/mol. The first kappa shape index (κ1) is 16.9. The first-order valence-electron chi connectivity index (χ1n) is 8.93. The van der Waals surface area contributed by atoms with E-state index in [4.69, 9.17) is 9.72 Å². The first-order valence-corrected chi connectivity index (χ1v) is 8.93. The molecule has 2 aromatic rings. The molecule has 0 spiro atoms. The van der Waals surface area contributed by atoms with Gasteiger partial charge >= 0.3 is 0 Å². The highest BCUT2D eigenvalue weighted by molar-refractivity contribution is 5.92. The SMILES string of the molecule is O=C(Nc1cccc(F)c1)[C@@H]1CCc2nc(N3CCOCC3)ncc2C1. The number of amides is 1. The smallest absolute Gasteiger partial charge is 0.227 e. The van der Waals surface area contributed by atoms with E-state index in [-0.39, 0.29) is 17.6 Å². The van der Waals surface area contributed by atoms with Gasteiger partial charge in [0.15, 0.2) is 0 Å². The van der Waals surface area contributed by atoms with Crippen LogP contribution in [0.25, 0.3) is 0 Å². The van der Waals surface area contributed by atoms with Crippen LogP contribution in [0, 0.1) is 11.7 Å². The van der Waals surface area contributed by atoms with Gasteiger partial charge in [-0.15, -0.1) is 0 Å². The average molecular weight is 356 g/mol. The minimum absolute atomic E-state index is 0.0847. The summed E-state index contributed by atoms with van der Waals surface area (Å²) in [6.07, 6.45) is 3.93. The average Bonchev–Trinajstić information content (AvgIpc) is 2.68.